The standard InChI is InChI=1S/C14H12F3N3O3S2.C12H13N3O2S2/c15-14(16,17)12(21)20-5-3-9-1-2-11(7-10(9)8-20)25(22,23)19-13-18-4-6-24-13;16-19(17,15-12-14-5-6-18-12)11-2-1-9-3-4-13-8-10(9)7-11/h1-2,4,6-7H,3,5,8H2,(H,18,19);1-2,5-7,13H,3-4,8H2,(H,14,15). The van der Waals surface area contributed by atoms with E-state index in [1.165, 1.54) is 35.2 Å². The first-order valence-electron chi connectivity index (χ1n) is 13.0. The molecule has 4 heterocycles. The average Bonchev–Trinajstić information content (AvgIpc) is 3.70. The minimum absolute atomic E-state index is 0.0607. The molecular weight excluding hydrogens is 662 g/mol. The van der Waals surface area contributed by atoms with Crippen LogP contribution in [0.2, 0.25) is 0 Å². The molecule has 2 aliphatic rings. The summed E-state index contributed by atoms with van der Waals surface area (Å²) < 4.78 is 91.7. The van der Waals surface area contributed by atoms with Crippen molar-refractivity contribution in [3.63, 3.8) is 0 Å². The monoisotopic (exact) mass is 686 g/mol. The van der Waals surface area contributed by atoms with Crippen LogP contribution in [-0.2, 0) is 50.8 Å². The van der Waals surface area contributed by atoms with Gasteiger partial charge in [-0.3, -0.25) is 14.2 Å². The average molecular weight is 687 g/mol. The molecule has 6 rings (SSSR count). The van der Waals surface area contributed by atoms with E-state index in [4.69, 9.17) is 0 Å². The maximum absolute atomic E-state index is 12.6. The molecule has 2 aromatic heterocycles. The summed E-state index contributed by atoms with van der Waals surface area (Å²) in [5.74, 6) is -1.92. The van der Waals surface area contributed by atoms with Crippen LogP contribution < -0.4 is 14.8 Å². The van der Waals surface area contributed by atoms with Crippen LogP contribution in [0, 0.1) is 0 Å². The molecule has 0 saturated carbocycles. The normalized spacial score (nSPS) is 14.9. The highest BCUT2D eigenvalue weighted by atomic mass is 32.2. The van der Waals surface area contributed by atoms with Gasteiger partial charge in [-0.1, -0.05) is 12.1 Å². The van der Waals surface area contributed by atoms with Crippen LogP contribution in [0.25, 0.3) is 0 Å². The second-order valence-electron chi connectivity index (χ2n) is 9.65. The van der Waals surface area contributed by atoms with Crippen LogP contribution in [0.1, 0.15) is 22.3 Å². The molecule has 18 heteroatoms. The Kier molecular flexibility index (Phi) is 9.26. The Labute approximate surface area is 259 Å². The van der Waals surface area contributed by atoms with Gasteiger partial charge < -0.3 is 10.2 Å². The summed E-state index contributed by atoms with van der Waals surface area (Å²) >= 11 is 2.36. The number of anilines is 2. The van der Waals surface area contributed by atoms with Crippen molar-refractivity contribution in [1.29, 1.82) is 0 Å². The number of fused-ring (bicyclic) bond motifs is 2. The highest BCUT2D eigenvalue weighted by molar-refractivity contribution is 7.93. The lowest BCUT2D eigenvalue weighted by Crippen LogP contribution is -2.43. The van der Waals surface area contributed by atoms with Crippen LogP contribution in [-0.4, -0.2) is 56.9 Å². The number of halogens is 3. The predicted octanol–water partition coefficient (Wildman–Crippen LogP) is 3.98. The van der Waals surface area contributed by atoms with Gasteiger partial charge in [-0.05, 0) is 65.9 Å². The van der Waals surface area contributed by atoms with Crippen molar-refractivity contribution in [2.75, 3.05) is 22.5 Å². The van der Waals surface area contributed by atoms with Gasteiger partial charge >= 0.3 is 12.1 Å². The SMILES string of the molecule is O=C(N1CCc2ccc(S(=O)(=O)Nc3nccs3)cc2C1)C(F)(F)F.O=S(=O)(Nc1nccs1)c1ccc2c(c1)CNCC2. The molecule has 1 amide bonds. The van der Waals surface area contributed by atoms with Gasteiger partial charge in [0, 0.05) is 42.8 Å². The molecule has 2 aliphatic heterocycles. The first-order valence-corrected chi connectivity index (χ1v) is 17.7. The second-order valence-corrected chi connectivity index (χ2v) is 14.8. The number of rotatable bonds is 6. The third-order valence-electron chi connectivity index (χ3n) is 6.71. The Morgan fingerprint density at radius 1 is 0.818 bits per heavy atom. The minimum Gasteiger partial charge on any atom is -0.330 e. The molecule has 234 valence electrons. The number of benzene rings is 2. The number of nitrogens with zero attached hydrogens (tertiary/aromatic N) is 3. The Balaban J connectivity index is 0.000000181. The third-order valence-corrected chi connectivity index (χ3v) is 11.0. The summed E-state index contributed by atoms with van der Waals surface area (Å²) in [6, 6.07) is 9.52. The molecular formula is C26H25F3N6O5S4. The number of aromatic nitrogens is 2. The van der Waals surface area contributed by atoms with E-state index in [9.17, 15) is 34.8 Å². The van der Waals surface area contributed by atoms with Gasteiger partial charge in [0.05, 0.1) is 9.79 Å². The lowest BCUT2D eigenvalue weighted by Gasteiger charge is -2.29. The highest BCUT2D eigenvalue weighted by Crippen LogP contribution is 2.28. The minimum atomic E-state index is -4.95. The first kappa shape index (κ1) is 31.8. The van der Waals surface area contributed by atoms with E-state index < -0.39 is 32.1 Å². The third kappa shape index (κ3) is 7.55. The smallest absolute Gasteiger partial charge is 0.330 e. The maximum atomic E-state index is 12.6. The number of carbonyl (C=O) groups excluding carboxylic acids is 1. The van der Waals surface area contributed by atoms with Crippen LogP contribution in [0.3, 0.4) is 0 Å². The van der Waals surface area contributed by atoms with E-state index in [-0.39, 0.29) is 34.4 Å². The molecule has 0 atom stereocenters. The Bertz CT molecular complexity index is 1850. The Morgan fingerprint density at radius 2 is 1.36 bits per heavy atom. The quantitative estimate of drug-likeness (QED) is 0.276. The zero-order valence-corrected chi connectivity index (χ0v) is 25.9. The fourth-order valence-electron chi connectivity index (χ4n) is 4.57. The zero-order chi connectivity index (χ0) is 31.5. The predicted molar refractivity (Wildman–Crippen MR) is 159 cm³/mol. The summed E-state index contributed by atoms with van der Waals surface area (Å²) in [6.45, 7) is 1.31. The van der Waals surface area contributed by atoms with Crippen LogP contribution in [0.5, 0.6) is 0 Å². The lowest BCUT2D eigenvalue weighted by molar-refractivity contribution is -0.186. The molecule has 44 heavy (non-hydrogen) atoms. The number of hydrogen-bond acceptors (Lipinski definition) is 10. The second kappa shape index (κ2) is 12.8. The fraction of sp³-hybridized carbons (Fsp3) is 0.269. The molecule has 0 unspecified atom stereocenters. The van der Waals surface area contributed by atoms with E-state index in [0.717, 1.165) is 42.0 Å². The molecule has 11 nitrogen and oxygen atoms in total. The molecule has 3 N–H and O–H groups in total. The van der Waals surface area contributed by atoms with E-state index in [2.05, 4.69) is 24.7 Å². The number of alkyl halides is 3. The first-order chi connectivity index (χ1) is 20.8. The van der Waals surface area contributed by atoms with Gasteiger partial charge in [-0.15, -0.1) is 22.7 Å². The van der Waals surface area contributed by atoms with Crippen LogP contribution >= 0.6 is 22.7 Å². The number of nitrogens with one attached hydrogen (secondary N) is 3. The molecule has 0 aliphatic carbocycles. The van der Waals surface area contributed by atoms with Crippen molar-refractivity contribution in [3.05, 3.63) is 81.8 Å². The molecule has 0 radical (unpaired) electrons. The number of carbonyl (C=O) groups is 1. The van der Waals surface area contributed by atoms with Crippen molar-refractivity contribution in [3.8, 4) is 0 Å². The van der Waals surface area contributed by atoms with Crippen LogP contribution in [0.4, 0.5) is 23.4 Å². The maximum Gasteiger partial charge on any atom is 0.471 e. The van der Waals surface area contributed by atoms with E-state index in [1.807, 2.05) is 6.07 Å². The summed E-state index contributed by atoms with van der Waals surface area (Å²) in [5.41, 5.74) is 3.37. The van der Waals surface area contributed by atoms with Gasteiger partial charge in [0.25, 0.3) is 20.0 Å². The van der Waals surface area contributed by atoms with Crippen molar-refractivity contribution in [2.24, 2.45) is 0 Å². The summed E-state index contributed by atoms with van der Waals surface area (Å²) in [5, 5.41) is 7.14. The molecule has 2 aromatic carbocycles. The van der Waals surface area contributed by atoms with Crippen molar-refractivity contribution in [1.82, 2.24) is 20.2 Å². The van der Waals surface area contributed by atoms with Crippen molar-refractivity contribution < 1.29 is 34.8 Å². The van der Waals surface area contributed by atoms with Crippen molar-refractivity contribution in [2.45, 2.75) is 41.9 Å². The Morgan fingerprint density at radius 3 is 1.89 bits per heavy atom. The zero-order valence-electron chi connectivity index (χ0n) is 22.7. The molecule has 4 aromatic rings. The number of thiazole rings is 2. The highest BCUT2D eigenvalue weighted by Gasteiger charge is 2.43. The summed E-state index contributed by atoms with van der Waals surface area (Å²) in [4.78, 5) is 20.0. The fourth-order valence-corrected chi connectivity index (χ4v) is 8.25. The van der Waals surface area contributed by atoms with Gasteiger partial charge in [0.15, 0.2) is 10.3 Å². The van der Waals surface area contributed by atoms with E-state index in [0.29, 0.717) is 15.6 Å². The van der Waals surface area contributed by atoms with Gasteiger partial charge in [0.1, 0.15) is 0 Å². The largest absolute Gasteiger partial charge is 0.471 e. The molecule has 0 bridgehead atoms. The summed E-state index contributed by atoms with van der Waals surface area (Å²) in [6.07, 6.45) is -0.768. The Hall–Kier alpha value is -3.58. The lowest BCUT2D eigenvalue weighted by atomic mass is 10.00. The van der Waals surface area contributed by atoms with E-state index in [1.54, 1.807) is 35.2 Å². The van der Waals surface area contributed by atoms with Gasteiger partial charge in [-0.2, -0.15) is 13.2 Å². The molecule has 0 spiro atoms. The topological polar surface area (TPSA) is 150 Å². The molecule has 0 fully saturated rings. The molecule has 0 saturated heterocycles. The van der Waals surface area contributed by atoms with Gasteiger partial charge in [0.2, 0.25) is 0 Å². The van der Waals surface area contributed by atoms with E-state index >= 15 is 0 Å². The summed E-state index contributed by atoms with van der Waals surface area (Å²) in [7, 11) is -7.46. The number of amides is 1. The van der Waals surface area contributed by atoms with Crippen LogP contribution in [0.15, 0.2) is 69.3 Å². The van der Waals surface area contributed by atoms with Crippen molar-refractivity contribution >= 4 is 58.9 Å². The number of sulfonamides is 2. The number of hydrogen-bond donors (Lipinski definition) is 3. The van der Waals surface area contributed by atoms with Gasteiger partial charge in [-0.25, -0.2) is 26.8 Å².